The van der Waals surface area contributed by atoms with Gasteiger partial charge < -0.3 is 48.1 Å². The molecule has 1 aromatic rings. The van der Waals surface area contributed by atoms with Crippen molar-refractivity contribution in [2.45, 2.75) is 57.8 Å². The molecular formula is C21H31BLaN3O8-. The Morgan fingerprint density at radius 3 is 2.50 bits per heavy atom. The van der Waals surface area contributed by atoms with Gasteiger partial charge in [-0.3, -0.25) is 9.59 Å². The third-order valence-electron chi connectivity index (χ3n) is 4.86. The number of benzene rings is 1. The Labute approximate surface area is 228 Å². The number of carbonyl (C=O) groups excluding carboxylic acids is 2. The van der Waals surface area contributed by atoms with Gasteiger partial charge in [0.15, 0.2) is 14.1 Å². The number of aliphatic hydroxyl groups is 2. The average Bonchev–Trinajstić information content (AvgIpc) is 2.73. The van der Waals surface area contributed by atoms with Crippen LogP contribution in [0.15, 0.2) is 18.2 Å². The number of aliphatic hydroxyl groups excluding tert-OH is 2. The molecule has 1 saturated heterocycles. The quantitative estimate of drug-likeness (QED) is 0.156. The maximum Gasteiger partial charge on any atom is 0.333 e. The van der Waals surface area contributed by atoms with Gasteiger partial charge in [-0.1, -0.05) is 19.9 Å². The number of carbonyl (C=O) groups is 3. The number of amides is 2. The van der Waals surface area contributed by atoms with E-state index in [1.807, 2.05) is 0 Å². The van der Waals surface area contributed by atoms with E-state index in [1.54, 1.807) is 19.9 Å². The van der Waals surface area contributed by atoms with Gasteiger partial charge in [0.25, 0.3) is 0 Å². The first-order valence-electron chi connectivity index (χ1n) is 10.1. The second-order valence-corrected chi connectivity index (χ2v) is 7.78. The molecule has 0 saturated carbocycles. The Balaban J connectivity index is 0.00000544. The molecule has 0 bridgehead atoms. The van der Waals surface area contributed by atoms with Crippen LogP contribution >= 0.6 is 0 Å². The molecule has 185 valence electrons. The van der Waals surface area contributed by atoms with Crippen LogP contribution in [0.25, 0.3) is 0 Å². The monoisotopic (exact) mass is 603 g/mol. The van der Waals surface area contributed by atoms with Gasteiger partial charge in [-0.15, -0.1) is 0 Å². The summed E-state index contributed by atoms with van der Waals surface area (Å²) in [7, 11) is 5.36. The van der Waals surface area contributed by atoms with E-state index in [-0.39, 0.29) is 86.4 Å². The molecule has 4 unspecified atom stereocenters. The maximum atomic E-state index is 12.4. The van der Waals surface area contributed by atoms with Gasteiger partial charge in [-0.25, -0.2) is 4.79 Å². The van der Waals surface area contributed by atoms with E-state index in [4.69, 9.17) is 22.6 Å². The van der Waals surface area contributed by atoms with Crippen molar-refractivity contribution in [3.63, 3.8) is 0 Å². The third-order valence-corrected chi connectivity index (χ3v) is 4.86. The number of hydrogen-bond donors (Lipinski definition) is 6. The first-order valence-corrected chi connectivity index (χ1v) is 10.1. The molecule has 11 nitrogen and oxygen atoms in total. The van der Waals surface area contributed by atoms with E-state index in [0.717, 1.165) is 0 Å². The summed E-state index contributed by atoms with van der Waals surface area (Å²) in [5.74, 6) is -2.18. The maximum absolute atomic E-state index is 12.4. The number of carboxylic acid groups (broad SMARTS) is 1. The molecule has 13 heteroatoms. The molecule has 3 radical (unpaired) electrons. The van der Waals surface area contributed by atoms with Gasteiger partial charge in [0.05, 0.1) is 31.0 Å². The number of anilines is 1. The third kappa shape index (κ3) is 9.65. The number of hydrogen-bond acceptors (Lipinski definition) is 8. The van der Waals surface area contributed by atoms with Gasteiger partial charge in [-0.05, 0) is 23.6 Å². The minimum atomic E-state index is -1.23. The van der Waals surface area contributed by atoms with Crippen LogP contribution in [-0.2, 0) is 25.7 Å². The van der Waals surface area contributed by atoms with Crippen molar-refractivity contribution in [2.75, 3.05) is 11.9 Å². The predicted molar refractivity (Wildman–Crippen MR) is 120 cm³/mol. The summed E-state index contributed by atoms with van der Waals surface area (Å²) in [5, 5.41) is 36.0. The molecule has 0 aliphatic carbocycles. The van der Waals surface area contributed by atoms with Crippen LogP contribution in [0.3, 0.4) is 0 Å². The molecule has 2 rings (SSSR count). The zero-order chi connectivity index (χ0) is 23.8. The molecule has 1 aromatic carbocycles. The van der Waals surface area contributed by atoms with E-state index in [1.165, 1.54) is 12.1 Å². The van der Waals surface area contributed by atoms with Crippen molar-refractivity contribution >= 4 is 31.5 Å². The fraction of sp³-hybridized carbons (Fsp3) is 0.524. The van der Waals surface area contributed by atoms with Crippen LogP contribution in [-0.4, -0.2) is 72.2 Å². The molecule has 0 spiro atoms. The van der Waals surface area contributed by atoms with Crippen LogP contribution < -0.4 is 20.6 Å². The van der Waals surface area contributed by atoms with Crippen molar-refractivity contribution in [1.29, 1.82) is 0 Å². The second kappa shape index (κ2) is 15.5. The van der Waals surface area contributed by atoms with Crippen molar-refractivity contribution in [1.82, 2.24) is 10.5 Å². The molecule has 6 N–H and O–H groups in total. The van der Waals surface area contributed by atoms with Crippen LogP contribution in [0, 0.1) is 48.9 Å². The zero-order valence-corrected chi connectivity index (χ0v) is 23.1. The fourth-order valence-corrected chi connectivity index (χ4v) is 3.14. The van der Waals surface area contributed by atoms with E-state index in [0.29, 0.717) is 5.56 Å². The summed E-state index contributed by atoms with van der Waals surface area (Å²) in [4.78, 5) is 35.7. The molecule has 34 heavy (non-hydrogen) atoms. The Bertz CT molecular complexity index is 829. The number of aliphatic carboxylic acids is 1. The topological polar surface area (TPSA) is 166 Å². The minimum absolute atomic E-state index is 0. The Morgan fingerprint density at radius 2 is 1.94 bits per heavy atom. The number of carboxylic acids is 1. The second-order valence-electron chi connectivity index (χ2n) is 7.78. The van der Waals surface area contributed by atoms with E-state index in [2.05, 4.69) is 15.9 Å². The summed E-state index contributed by atoms with van der Waals surface area (Å²) >= 11 is 0. The number of nitrogens with one attached hydrogen (secondary N) is 3. The van der Waals surface area contributed by atoms with Gasteiger partial charge >= 0.3 is 5.97 Å². The number of ether oxygens (including phenoxy) is 2. The smallest absolute Gasteiger partial charge is 0.333 e. The van der Waals surface area contributed by atoms with Crippen LogP contribution in [0.2, 0.25) is 0 Å². The van der Waals surface area contributed by atoms with Crippen LogP contribution in [0.1, 0.15) is 32.3 Å². The molecule has 4 atom stereocenters. The minimum Gasteiger partial charge on any atom is -0.479 e. The molecule has 0 aromatic heterocycles. The molecule has 2 amide bonds. The van der Waals surface area contributed by atoms with Crippen LogP contribution in [0.4, 0.5) is 5.69 Å². The van der Waals surface area contributed by atoms with Gasteiger partial charge in [0.2, 0.25) is 18.1 Å². The SMILES string of the molecule is [B]NC(C(=O)NCC(=O)Nc1ccc(CO)cc1OC1CC(O)CC(C(=O)O)O1)C(C)C.[CH3-].[La]. The Hall–Kier alpha value is -1.47. The Kier molecular flexibility index (Phi) is 14.8. The zero-order valence-electron chi connectivity index (χ0n) is 19.5. The average molecular weight is 603 g/mol. The van der Waals surface area contributed by atoms with Gasteiger partial charge in [0, 0.05) is 48.4 Å². The Morgan fingerprint density at radius 1 is 1.26 bits per heavy atom. The molecule has 1 aliphatic heterocycles. The summed E-state index contributed by atoms with van der Waals surface area (Å²) in [6.07, 6.45) is -3.28. The van der Waals surface area contributed by atoms with Crippen molar-refractivity contribution in [3.05, 3.63) is 31.2 Å². The molecule has 1 fully saturated rings. The van der Waals surface area contributed by atoms with Gasteiger partial charge in [0.1, 0.15) is 5.75 Å². The summed E-state index contributed by atoms with van der Waals surface area (Å²) in [6.45, 7) is 2.98. The van der Waals surface area contributed by atoms with Crippen molar-refractivity contribution in [2.24, 2.45) is 5.92 Å². The van der Waals surface area contributed by atoms with Gasteiger partial charge in [-0.2, -0.15) is 0 Å². The summed E-state index contributed by atoms with van der Waals surface area (Å²) < 4.78 is 11.1. The standard InChI is InChI=1S/C20H28BN3O8.CH3.La/c1-10(2)18(24-21)19(28)22-8-16(27)23-13-4-3-11(9-25)5-14(13)31-17-7-12(26)6-15(32-17)20(29)30;;/h3-5,10,12,15,17-18,24-26H,6-9H2,1-2H3,(H,22,28)(H,23,27)(H,29,30);1H3;/q;-1;. The van der Waals surface area contributed by atoms with E-state index in [9.17, 15) is 24.6 Å². The largest absolute Gasteiger partial charge is 0.479 e. The molecule has 1 heterocycles. The fourth-order valence-electron chi connectivity index (χ4n) is 3.14. The summed E-state index contributed by atoms with van der Waals surface area (Å²) in [6, 6.07) is 3.85. The molecular weight excluding hydrogens is 572 g/mol. The summed E-state index contributed by atoms with van der Waals surface area (Å²) in [5.41, 5.74) is 0.695. The van der Waals surface area contributed by atoms with Crippen molar-refractivity contribution in [3.8, 4) is 5.75 Å². The first-order chi connectivity index (χ1) is 15.1. The number of rotatable bonds is 10. The molecule has 1 aliphatic rings. The normalized spacial score (nSPS) is 20.3. The predicted octanol–water partition coefficient (Wildman–Crippen LogP) is -0.289. The van der Waals surface area contributed by atoms with E-state index >= 15 is 0 Å². The van der Waals surface area contributed by atoms with Crippen molar-refractivity contribution < 1.29 is 74.8 Å². The van der Waals surface area contributed by atoms with Crippen LogP contribution in [0.5, 0.6) is 5.75 Å². The van der Waals surface area contributed by atoms with E-state index < -0.39 is 42.3 Å². The first kappa shape index (κ1) is 32.5.